The number of nitro groups is 1. The number of hydrogen-bond donors (Lipinski definition) is 2. The fourth-order valence-corrected chi connectivity index (χ4v) is 5.20. The van der Waals surface area contributed by atoms with E-state index in [9.17, 15) is 38.8 Å². The number of hydrogen-bond acceptors (Lipinski definition) is 14. The van der Waals surface area contributed by atoms with E-state index >= 15 is 0 Å². The molecule has 0 fully saturated rings. The molecule has 16 nitrogen and oxygen atoms in total. The summed E-state index contributed by atoms with van der Waals surface area (Å²) in [5.74, 6) is -3.05. The van der Waals surface area contributed by atoms with Gasteiger partial charge in [-0.05, 0) is 90.7 Å². The van der Waals surface area contributed by atoms with Crippen LogP contribution in [0.4, 0.5) is 11.5 Å². The summed E-state index contributed by atoms with van der Waals surface area (Å²) in [4.78, 5) is 45.0. The predicted octanol–water partition coefficient (Wildman–Crippen LogP) is 6.46. The number of carbonyl (C=O) groups excluding carboxylic acids is 1. The van der Waals surface area contributed by atoms with Crippen molar-refractivity contribution in [1.82, 2.24) is 9.97 Å². The molecule has 2 N–H and O–H groups in total. The molecular formula is C36H28N5O11S-. The summed E-state index contributed by atoms with van der Waals surface area (Å²) in [5, 5.41) is 34.9. The highest BCUT2D eigenvalue weighted by Crippen LogP contribution is 2.40. The van der Waals surface area contributed by atoms with E-state index in [1.165, 1.54) is 60.7 Å². The van der Waals surface area contributed by atoms with E-state index in [1.807, 2.05) is 6.07 Å². The number of nitriles is 1. The molecule has 5 aromatic rings. The van der Waals surface area contributed by atoms with Crippen LogP contribution in [-0.4, -0.2) is 53.3 Å². The molecule has 0 aliphatic carbocycles. The van der Waals surface area contributed by atoms with Crippen molar-refractivity contribution in [2.75, 3.05) is 11.9 Å². The molecule has 0 amide bonds. The number of aromatic nitrogens is 2. The summed E-state index contributed by atoms with van der Waals surface area (Å²) < 4.78 is 45.5. The Kier molecular flexibility index (Phi) is 11.9. The Morgan fingerprint density at radius 2 is 1.70 bits per heavy atom. The molecule has 2 unspecified atom stereocenters. The smallest absolute Gasteiger partial charge is 0.373 e. The predicted molar refractivity (Wildman–Crippen MR) is 186 cm³/mol. The average molecular weight is 739 g/mol. The lowest BCUT2D eigenvalue weighted by atomic mass is 10.1. The largest absolute Gasteiger partial charge is 0.768 e. The minimum Gasteiger partial charge on any atom is -0.768 e. The summed E-state index contributed by atoms with van der Waals surface area (Å²) >= 11 is -2.51. The molecule has 4 aromatic carbocycles. The van der Waals surface area contributed by atoms with Crippen molar-refractivity contribution in [1.29, 1.82) is 5.26 Å². The van der Waals surface area contributed by atoms with Gasteiger partial charge in [-0.25, -0.2) is 9.59 Å². The number of aryl methyl sites for hydroxylation is 1. The summed E-state index contributed by atoms with van der Waals surface area (Å²) in [6, 6.07) is 22.3. The number of nitrogens with one attached hydrogen (secondary N) is 1. The summed E-state index contributed by atoms with van der Waals surface area (Å²) in [5.41, 5.74) is 0.270. The number of carbonyl (C=O) groups is 2. The molecule has 0 saturated heterocycles. The van der Waals surface area contributed by atoms with Crippen LogP contribution in [0.25, 0.3) is 0 Å². The number of carboxylic acids is 1. The summed E-state index contributed by atoms with van der Waals surface area (Å²) in [6.45, 7) is 3.37. The Hall–Kier alpha value is -6.90. The average Bonchev–Trinajstić information content (AvgIpc) is 3.12. The number of aliphatic carboxylic acids is 1. The fraction of sp³-hybridized carbons (Fsp3) is 0.139. The number of benzene rings is 4. The van der Waals surface area contributed by atoms with Gasteiger partial charge in [0, 0.05) is 17.4 Å². The summed E-state index contributed by atoms with van der Waals surface area (Å²) in [6.07, 6.45) is -0.269. The highest BCUT2D eigenvalue weighted by Gasteiger charge is 2.32. The third-order valence-corrected chi connectivity index (χ3v) is 7.86. The second-order valence-corrected chi connectivity index (χ2v) is 12.0. The van der Waals surface area contributed by atoms with Gasteiger partial charge in [0.1, 0.15) is 17.5 Å². The van der Waals surface area contributed by atoms with Gasteiger partial charge in [-0.3, -0.25) is 14.3 Å². The van der Waals surface area contributed by atoms with Gasteiger partial charge in [0.2, 0.25) is 5.82 Å². The highest BCUT2D eigenvalue weighted by molar-refractivity contribution is 7.79. The molecule has 1 aromatic heterocycles. The molecule has 0 aliphatic rings. The van der Waals surface area contributed by atoms with E-state index in [1.54, 1.807) is 44.2 Å². The van der Waals surface area contributed by atoms with Crippen LogP contribution in [0, 0.1) is 28.4 Å². The Morgan fingerprint density at radius 1 is 0.962 bits per heavy atom. The number of carboxylic acid groups (broad SMARTS) is 1. The zero-order chi connectivity index (χ0) is 38.1. The Bertz CT molecular complexity index is 2230. The van der Waals surface area contributed by atoms with Gasteiger partial charge < -0.3 is 33.9 Å². The van der Waals surface area contributed by atoms with E-state index in [0.29, 0.717) is 16.9 Å². The number of esters is 1. The minimum atomic E-state index is -2.51. The van der Waals surface area contributed by atoms with Crippen molar-refractivity contribution in [2.45, 2.75) is 31.2 Å². The van der Waals surface area contributed by atoms with Gasteiger partial charge in [0.25, 0.3) is 0 Å². The normalized spacial score (nSPS) is 11.7. The van der Waals surface area contributed by atoms with Crippen LogP contribution < -0.4 is 19.5 Å². The van der Waals surface area contributed by atoms with E-state index in [-0.39, 0.29) is 46.3 Å². The van der Waals surface area contributed by atoms with Crippen molar-refractivity contribution in [3.63, 3.8) is 0 Å². The molecule has 0 aliphatic heterocycles. The molecule has 1 heterocycles. The molecule has 5 rings (SSSR count). The van der Waals surface area contributed by atoms with Crippen LogP contribution in [0.2, 0.25) is 0 Å². The molecule has 0 bridgehead atoms. The molecule has 17 heteroatoms. The van der Waals surface area contributed by atoms with Gasteiger partial charge in [-0.15, -0.1) is 0 Å². The number of nitrogens with zero attached hydrogens (tertiary/aromatic N) is 4. The maximum absolute atomic E-state index is 12.6. The second-order valence-electron chi connectivity index (χ2n) is 11.0. The van der Waals surface area contributed by atoms with Crippen LogP contribution >= 0.6 is 0 Å². The second kappa shape index (κ2) is 16.9. The first-order valence-corrected chi connectivity index (χ1v) is 16.7. The van der Waals surface area contributed by atoms with Crippen molar-refractivity contribution >= 4 is 34.5 Å². The highest BCUT2D eigenvalue weighted by atomic mass is 32.2. The SMILES string of the molecule is CCOC(=O)c1cc(C)cc(Oc2nc(Oc3cc(C#N)ccc3Oc3ccccc3)nc(NC(Cc3ccc(S(=O)[O-])cc3)C(=O)O)c2[N+](=O)[O-])c1. The van der Waals surface area contributed by atoms with Gasteiger partial charge in [0.15, 0.2) is 11.5 Å². The van der Waals surface area contributed by atoms with Crippen LogP contribution in [0.1, 0.15) is 34.0 Å². The minimum absolute atomic E-state index is 0.0260. The molecule has 53 heavy (non-hydrogen) atoms. The number of rotatable bonds is 15. The first-order chi connectivity index (χ1) is 25.4. The van der Waals surface area contributed by atoms with Crippen molar-refractivity contribution in [2.24, 2.45) is 0 Å². The van der Waals surface area contributed by atoms with E-state index in [0.717, 1.165) is 0 Å². The lowest BCUT2D eigenvalue weighted by Crippen LogP contribution is -2.32. The maximum atomic E-state index is 12.6. The first-order valence-electron chi connectivity index (χ1n) is 15.6. The van der Waals surface area contributed by atoms with Crippen molar-refractivity contribution in [3.05, 3.63) is 123 Å². The third kappa shape index (κ3) is 9.67. The zero-order valence-electron chi connectivity index (χ0n) is 27.9. The van der Waals surface area contributed by atoms with Gasteiger partial charge in [-0.2, -0.15) is 15.2 Å². The van der Waals surface area contributed by atoms with Gasteiger partial charge in [-0.1, -0.05) is 30.3 Å². The first kappa shape index (κ1) is 37.4. The third-order valence-electron chi connectivity index (χ3n) is 7.20. The number of anilines is 1. The fourth-order valence-electron chi connectivity index (χ4n) is 4.84. The number of para-hydroxylation sites is 1. The van der Waals surface area contributed by atoms with E-state index < -0.39 is 57.4 Å². The van der Waals surface area contributed by atoms with Crippen molar-refractivity contribution in [3.8, 4) is 41.0 Å². The molecular weight excluding hydrogens is 710 g/mol. The van der Waals surface area contributed by atoms with E-state index in [4.69, 9.17) is 18.9 Å². The number of ether oxygens (including phenoxy) is 4. The molecule has 0 saturated carbocycles. The topological polar surface area (TPSA) is 236 Å². The summed E-state index contributed by atoms with van der Waals surface area (Å²) in [7, 11) is 0. The van der Waals surface area contributed by atoms with Crippen LogP contribution in [-0.2, 0) is 27.0 Å². The van der Waals surface area contributed by atoms with Crippen molar-refractivity contribution < 1.29 is 47.3 Å². The lowest BCUT2D eigenvalue weighted by Gasteiger charge is -2.18. The van der Waals surface area contributed by atoms with Crippen LogP contribution in [0.5, 0.6) is 34.9 Å². The standard InChI is InChI=1S/C36H29N5O11S/c1-3-49-35(44)24-15-21(2)16-26(19-24)51-33-31(41(45)46)32(38-28(34(42)43)17-22-9-12-27(13-10-22)53(47)48)39-36(40-33)52-30-18-23(20-37)11-14-29(30)50-25-7-5-4-6-8-25/h4-16,18-19,28H,3,17H2,1-2H3,(H,42,43)(H,47,48)(H,38,39,40)/p-1. The van der Waals surface area contributed by atoms with Gasteiger partial charge in [0.05, 0.1) is 28.7 Å². The monoisotopic (exact) mass is 738 g/mol. The molecule has 270 valence electrons. The lowest BCUT2D eigenvalue weighted by molar-refractivity contribution is -0.385. The van der Waals surface area contributed by atoms with E-state index in [2.05, 4.69) is 15.3 Å². The quantitative estimate of drug-likeness (QED) is 0.0507. The molecule has 0 radical (unpaired) electrons. The Labute approximate surface area is 304 Å². The van der Waals surface area contributed by atoms with Gasteiger partial charge >= 0.3 is 29.5 Å². The Morgan fingerprint density at radius 3 is 2.34 bits per heavy atom. The molecule has 2 atom stereocenters. The van der Waals surface area contributed by atoms with Crippen LogP contribution in [0.3, 0.4) is 0 Å². The zero-order valence-corrected chi connectivity index (χ0v) is 28.7. The maximum Gasteiger partial charge on any atom is 0.373 e. The molecule has 0 spiro atoms. The van der Waals surface area contributed by atoms with Crippen LogP contribution in [0.15, 0.2) is 95.9 Å². The Balaban J connectivity index is 1.62.